The van der Waals surface area contributed by atoms with Crippen molar-refractivity contribution in [1.82, 2.24) is 15.5 Å². The second kappa shape index (κ2) is 7.57. The number of rotatable bonds is 5. The van der Waals surface area contributed by atoms with Crippen molar-refractivity contribution < 1.29 is 9.53 Å². The molecule has 126 valence electrons. The highest BCUT2D eigenvalue weighted by Crippen LogP contribution is 2.20. The number of carbonyl (C=O) groups excluding carboxylic acids is 1. The molecule has 1 N–H and O–H groups in total. The monoisotopic (exact) mass is 333 g/mol. The average molecular weight is 333 g/mol. The molecule has 3 rings (SSSR count). The number of amides is 1. The summed E-state index contributed by atoms with van der Waals surface area (Å²) < 4.78 is 5.66. The van der Waals surface area contributed by atoms with Crippen molar-refractivity contribution in [1.29, 1.82) is 0 Å². The van der Waals surface area contributed by atoms with Crippen LogP contribution in [0.4, 0.5) is 0 Å². The van der Waals surface area contributed by atoms with E-state index in [1.165, 1.54) is 0 Å². The third-order valence-corrected chi connectivity index (χ3v) is 3.74. The first-order valence-electron chi connectivity index (χ1n) is 8.06. The summed E-state index contributed by atoms with van der Waals surface area (Å²) in [6.07, 6.45) is 0. The highest BCUT2D eigenvalue weighted by molar-refractivity contribution is 5.94. The molecular weight excluding hydrogens is 314 g/mol. The fraction of sp³-hybridized carbons (Fsp3) is 0.150. The lowest BCUT2D eigenvalue weighted by atomic mass is 10.1. The van der Waals surface area contributed by atoms with Crippen LogP contribution in [0.1, 0.15) is 34.6 Å². The first-order valence-corrected chi connectivity index (χ1v) is 8.06. The van der Waals surface area contributed by atoms with E-state index in [9.17, 15) is 4.79 Å². The zero-order valence-electron chi connectivity index (χ0n) is 14.1. The normalized spacial score (nSPS) is 11.6. The fourth-order valence-electron chi connectivity index (χ4n) is 2.37. The van der Waals surface area contributed by atoms with Crippen LogP contribution >= 0.6 is 0 Å². The van der Waals surface area contributed by atoms with Gasteiger partial charge in [-0.3, -0.25) is 4.79 Å². The standard InChI is InChI=1S/C20H19N3O2/c1-14-11-12-19(23-22-14)25-18-10-6-9-17(13-18)20(24)21-15(2)16-7-4-3-5-8-16/h3-13,15H,1-2H3,(H,21,24). The molecule has 1 atom stereocenters. The van der Waals surface area contributed by atoms with E-state index in [0.29, 0.717) is 17.2 Å². The highest BCUT2D eigenvalue weighted by atomic mass is 16.5. The Morgan fingerprint density at radius 3 is 2.52 bits per heavy atom. The summed E-state index contributed by atoms with van der Waals surface area (Å²) in [6.45, 7) is 3.81. The lowest BCUT2D eigenvalue weighted by molar-refractivity contribution is 0.0939. The summed E-state index contributed by atoms with van der Waals surface area (Å²) in [7, 11) is 0. The molecule has 3 aromatic rings. The van der Waals surface area contributed by atoms with Gasteiger partial charge in [0.1, 0.15) is 5.75 Å². The molecule has 25 heavy (non-hydrogen) atoms. The van der Waals surface area contributed by atoms with Gasteiger partial charge in [0.05, 0.1) is 11.7 Å². The minimum absolute atomic E-state index is 0.0822. The molecule has 1 heterocycles. The van der Waals surface area contributed by atoms with Gasteiger partial charge in [0, 0.05) is 11.6 Å². The fourth-order valence-corrected chi connectivity index (χ4v) is 2.37. The molecule has 0 aliphatic rings. The van der Waals surface area contributed by atoms with Gasteiger partial charge in [0.2, 0.25) is 5.88 Å². The summed E-state index contributed by atoms with van der Waals surface area (Å²) in [6, 6.07) is 20.3. The van der Waals surface area contributed by atoms with Crippen LogP contribution in [0.15, 0.2) is 66.7 Å². The largest absolute Gasteiger partial charge is 0.438 e. The van der Waals surface area contributed by atoms with Crippen LogP contribution in [0.2, 0.25) is 0 Å². The van der Waals surface area contributed by atoms with Crippen molar-refractivity contribution in [3.8, 4) is 11.6 Å². The number of nitrogens with zero attached hydrogens (tertiary/aromatic N) is 2. The summed E-state index contributed by atoms with van der Waals surface area (Å²) in [5.41, 5.74) is 2.40. The molecule has 0 aliphatic heterocycles. The molecule has 1 unspecified atom stereocenters. The first kappa shape index (κ1) is 16.6. The maximum Gasteiger partial charge on any atom is 0.251 e. The van der Waals surface area contributed by atoms with Gasteiger partial charge in [-0.1, -0.05) is 36.4 Å². The molecule has 0 saturated carbocycles. The molecular formula is C20H19N3O2. The van der Waals surface area contributed by atoms with Crippen LogP contribution in [0.5, 0.6) is 11.6 Å². The highest BCUT2D eigenvalue weighted by Gasteiger charge is 2.12. The van der Waals surface area contributed by atoms with Crippen molar-refractivity contribution in [2.45, 2.75) is 19.9 Å². The molecule has 0 radical (unpaired) electrons. The van der Waals surface area contributed by atoms with E-state index in [1.54, 1.807) is 30.3 Å². The van der Waals surface area contributed by atoms with Crippen molar-refractivity contribution in [2.75, 3.05) is 0 Å². The Hall–Kier alpha value is -3.21. The topological polar surface area (TPSA) is 64.1 Å². The molecule has 5 nitrogen and oxygen atoms in total. The molecule has 0 bridgehead atoms. The SMILES string of the molecule is Cc1ccc(Oc2cccc(C(=O)NC(C)c3ccccc3)c2)nn1. The van der Waals surface area contributed by atoms with E-state index in [4.69, 9.17) is 4.74 Å². The van der Waals surface area contributed by atoms with Crippen LogP contribution < -0.4 is 10.1 Å². The average Bonchev–Trinajstić information content (AvgIpc) is 2.64. The molecule has 2 aromatic carbocycles. The van der Waals surface area contributed by atoms with E-state index in [-0.39, 0.29) is 11.9 Å². The minimum atomic E-state index is -0.156. The van der Waals surface area contributed by atoms with E-state index >= 15 is 0 Å². The van der Waals surface area contributed by atoms with Gasteiger partial charge in [0.15, 0.2) is 0 Å². The maximum atomic E-state index is 12.5. The van der Waals surface area contributed by atoms with E-state index in [0.717, 1.165) is 11.3 Å². The van der Waals surface area contributed by atoms with Crippen molar-refractivity contribution >= 4 is 5.91 Å². The van der Waals surface area contributed by atoms with E-state index in [1.807, 2.05) is 50.2 Å². The Bertz CT molecular complexity index is 848. The van der Waals surface area contributed by atoms with Gasteiger partial charge < -0.3 is 10.1 Å². The Balaban J connectivity index is 1.70. The van der Waals surface area contributed by atoms with Gasteiger partial charge in [-0.05, 0) is 43.7 Å². The van der Waals surface area contributed by atoms with Crippen LogP contribution in [0.25, 0.3) is 0 Å². The Labute approximate surface area is 146 Å². The van der Waals surface area contributed by atoms with Gasteiger partial charge in [0.25, 0.3) is 5.91 Å². The van der Waals surface area contributed by atoms with E-state index < -0.39 is 0 Å². The molecule has 0 aliphatic carbocycles. The van der Waals surface area contributed by atoms with Gasteiger partial charge in [-0.2, -0.15) is 5.10 Å². The molecule has 0 saturated heterocycles. The van der Waals surface area contributed by atoms with Crippen molar-refractivity contribution in [3.05, 3.63) is 83.6 Å². The van der Waals surface area contributed by atoms with Gasteiger partial charge in [-0.25, -0.2) is 0 Å². The molecule has 5 heteroatoms. The zero-order chi connectivity index (χ0) is 17.6. The number of aryl methyl sites for hydroxylation is 1. The van der Waals surface area contributed by atoms with Gasteiger partial charge in [-0.15, -0.1) is 5.10 Å². The first-order chi connectivity index (χ1) is 12.1. The number of hydrogen-bond acceptors (Lipinski definition) is 4. The molecule has 0 spiro atoms. The predicted molar refractivity (Wildman–Crippen MR) is 95.6 cm³/mol. The number of carbonyl (C=O) groups is 1. The number of benzene rings is 2. The van der Waals surface area contributed by atoms with E-state index in [2.05, 4.69) is 15.5 Å². The maximum absolute atomic E-state index is 12.5. The Morgan fingerprint density at radius 1 is 1.00 bits per heavy atom. The summed E-state index contributed by atoms with van der Waals surface area (Å²) >= 11 is 0. The number of nitrogens with one attached hydrogen (secondary N) is 1. The third-order valence-electron chi connectivity index (χ3n) is 3.74. The smallest absolute Gasteiger partial charge is 0.251 e. The molecule has 1 aromatic heterocycles. The van der Waals surface area contributed by atoms with Crippen LogP contribution in [0, 0.1) is 6.92 Å². The Morgan fingerprint density at radius 2 is 1.80 bits per heavy atom. The lowest BCUT2D eigenvalue weighted by Gasteiger charge is -2.14. The molecule has 1 amide bonds. The minimum Gasteiger partial charge on any atom is -0.438 e. The summed E-state index contributed by atoms with van der Waals surface area (Å²) in [4.78, 5) is 12.5. The van der Waals surface area contributed by atoms with Crippen molar-refractivity contribution in [3.63, 3.8) is 0 Å². The number of ether oxygens (including phenoxy) is 1. The molecule has 0 fully saturated rings. The Kier molecular flexibility index (Phi) is 5.04. The number of hydrogen-bond donors (Lipinski definition) is 1. The van der Waals surface area contributed by atoms with Crippen LogP contribution in [-0.2, 0) is 0 Å². The zero-order valence-corrected chi connectivity index (χ0v) is 14.1. The second-order valence-corrected chi connectivity index (χ2v) is 5.75. The van der Waals surface area contributed by atoms with Crippen molar-refractivity contribution in [2.24, 2.45) is 0 Å². The summed E-state index contributed by atoms with van der Waals surface area (Å²) in [5.74, 6) is 0.774. The second-order valence-electron chi connectivity index (χ2n) is 5.75. The predicted octanol–water partition coefficient (Wildman–Crippen LogP) is 4.07. The van der Waals surface area contributed by atoms with Crippen LogP contribution in [0.3, 0.4) is 0 Å². The lowest BCUT2D eigenvalue weighted by Crippen LogP contribution is -2.26. The third kappa shape index (κ3) is 4.41. The van der Waals surface area contributed by atoms with Crippen LogP contribution in [-0.4, -0.2) is 16.1 Å². The summed E-state index contributed by atoms with van der Waals surface area (Å²) in [5, 5.41) is 10.9. The number of aromatic nitrogens is 2. The van der Waals surface area contributed by atoms with Gasteiger partial charge >= 0.3 is 0 Å². The quantitative estimate of drug-likeness (QED) is 0.764.